The van der Waals surface area contributed by atoms with Gasteiger partial charge in [0, 0.05) is 0 Å². The molecule has 0 bridgehead atoms. The highest BCUT2D eigenvalue weighted by Crippen LogP contribution is 2.37. The molecule has 0 amide bonds. The lowest BCUT2D eigenvalue weighted by Crippen LogP contribution is -2.00. The van der Waals surface area contributed by atoms with E-state index in [1.807, 2.05) is 0 Å². The lowest BCUT2D eigenvalue weighted by atomic mass is 14.0. The molecule has 0 heterocycles. The first kappa shape index (κ1) is 32.6. The molecule has 0 radical (unpaired) electrons. The van der Waals surface area contributed by atoms with Crippen LogP contribution < -0.4 is 12.3 Å². The van der Waals surface area contributed by atoms with Gasteiger partial charge in [0.05, 0.1) is 0 Å². The first-order chi connectivity index (χ1) is 7.71. The minimum absolute atomic E-state index is 0. The van der Waals surface area contributed by atoms with Gasteiger partial charge in [-0.25, -0.2) is 4.57 Å². The van der Waals surface area contributed by atoms with E-state index in [9.17, 15) is 13.0 Å². The van der Waals surface area contributed by atoms with E-state index >= 15 is 0 Å². The van der Waals surface area contributed by atoms with Crippen LogP contribution in [0.5, 0.6) is 0 Å². The van der Waals surface area contributed by atoms with Crippen LogP contribution >= 0.6 is 7.82 Å². The molecule has 0 aliphatic heterocycles. The van der Waals surface area contributed by atoms with Crippen LogP contribution in [0.25, 0.3) is 0 Å². The summed E-state index contributed by atoms with van der Waals surface area (Å²) >= 11 is 0. The third-order valence-corrected chi connectivity index (χ3v) is 1.72. The molecule has 0 saturated carbocycles. The van der Waals surface area contributed by atoms with Crippen molar-refractivity contribution in [2.24, 2.45) is 0 Å². The average Bonchev–Trinajstić information content (AvgIpc) is 1.63. The Morgan fingerprint density at radius 3 is 0.810 bits per heavy atom. The molecule has 0 saturated heterocycles. The Labute approximate surface area is 118 Å². The van der Waals surface area contributed by atoms with Crippen molar-refractivity contribution in [2.75, 3.05) is 0 Å². The van der Waals surface area contributed by atoms with Crippen molar-refractivity contribution in [1.82, 2.24) is 12.3 Å². The summed E-state index contributed by atoms with van der Waals surface area (Å²) in [6, 6.07) is 0. The van der Waals surface area contributed by atoms with Crippen LogP contribution in [0.3, 0.4) is 0 Å². The van der Waals surface area contributed by atoms with Crippen LogP contribution in [0.2, 0.25) is 0 Å². The maximum Gasteiger partial charge on any atom is 0.486 e. The fraction of sp³-hybridized carbons (Fsp3) is 0. The highest BCUT2D eigenvalue weighted by Gasteiger charge is 2.22. The van der Waals surface area contributed by atoms with Gasteiger partial charge in [-0.15, -0.1) is 3.97 Å². The molecule has 21 heavy (non-hydrogen) atoms. The van der Waals surface area contributed by atoms with Crippen molar-refractivity contribution in [3.63, 3.8) is 0 Å². The third kappa shape index (κ3) is 191. The maximum absolute atomic E-state index is 9.58. The van der Waals surface area contributed by atoms with Crippen molar-refractivity contribution in [3.8, 4) is 0 Å². The first-order valence-corrected chi connectivity index (χ1v) is 8.53. The predicted octanol–water partition coefficient (Wildman–Crippen LogP) is -2.08. The molecule has 21 heteroatoms. The van der Waals surface area contributed by atoms with Crippen molar-refractivity contribution < 1.29 is 66.3 Å². The van der Waals surface area contributed by atoms with E-state index < -0.39 is 39.0 Å². The van der Waals surface area contributed by atoms with Gasteiger partial charge in [0.2, 0.25) is 0 Å². The maximum atomic E-state index is 9.58. The van der Waals surface area contributed by atoms with Gasteiger partial charge in [0.1, 0.15) is 0 Å². The summed E-state index contributed by atoms with van der Waals surface area (Å²) in [7, 11) is -19.5. The topological polar surface area (TPSA) is 340 Å². The Bertz CT molecular complexity index is 541. The Morgan fingerprint density at radius 2 is 0.810 bits per heavy atom. The Morgan fingerprint density at radius 1 is 0.667 bits per heavy atom. The smallest absolute Gasteiger partial charge is 0.344 e. The van der Waals surface area contributed by atoms with Crippen LogP contribution in [0.1, 0.15) is 0 Å². The molecule has 13 N–H and O–H groups in total. The summed E-state index contributed by atoms with van der Waals surface area (Å²) < 4.78 is 102. The van der Waals surface area contributed by atoms with Crippen molar-refractivity contribution >= 4 is 39.0 Å². The van der Waals surface area contributed by atoms with E-state index in [0.29, 0.717) is 0 Å². The van der Waals surface area contributed by atoms with Crippen LogP contribution in [-0.4, -0.2) is 57.8 Å². The number of phosphoric acid groups is 1. The second-order valence-electron chi connectivity index (χ2n) is 1.89. The van der Waals surface area contributed by atoms with E-state index in [4.69, 9.17) is 49.4 Å². The van der Waals surface area contributed by atoms with Gasteiger partial charge < -0.3 is 22.1 Å². The Kier molecular flexibility index (Phi) is 17.5. The largest absolute Gasteiger partial charge is 0.486 e. The lowest BCUT2D eigenvalue weighted by molar-refractivity contribution is 0.268. The van der Waals surface area contributed by atoms with Crippen molar-refractivity contribution in [1.29, 1.82) is 0 Å². The number of hydrogen-bond acceptors (Lipinski definition) is 10. The minimum Gasteiger partial charge on any atom is -0.344 e. The average molecular weight is 408 g/mol. The number of rotatable bonds is 2. The molecule has 0 aliphatic rings. The highest BCUT2D eigenvalue weighted by molar-refractivity contribution is 7.85. The minimum atomic E-state index is -5.13. The molecular weight excluding hydrogens is 395 g/mol. The van der Waals surface area contributed by atoms with Gasteiger partial charge in [-0.1, -0.05) is 0 Å². The van der Waals surface area contributed by atoms with Gasteiger partial charge >= 0.3 is 39.0 Å². The summed E-state index contributed by atoms with van der Waals surface area (Å²) in [5.74, 6) is 0. The van der Waals surface area contributed by atoms with E-state index in [1.54, 1.807) is 0 Å². The standard InChI is InChI=1S/2H3N.H3O7PS.2H2O4S/c;;1-8(2,3)7-9(4,5)6;2*1-5(2,3)4/h2*1H3;(H2,1,2,3)(H,4,5,6);2*(H2,1,2,3,4). The molecule has 0 atom stereocenters. The van der Waals surface area contributed by atoms with Gasteiger partial charge in [-0.05, 0) is 0 Å². The van der Waals surface area contributed by atoms with Crippen LogP contribution in [0.15, 0.2) is 0 Å². The SMILES string of the molecule is N.N.O=P(O)(O)OS(=O)(=O)O.O=S(=O)(O)O.O=S(=O)(O)O. The summed E-state index contributed by atoms with van der Waals surface area (Å²) in [5, 5.41) is 0. The Hall–Kier alpha value is -0.320. The zero-order valence-electron chi connectivity index (χ0n) is 9.48. The molecular formula is H13N2O15PS3. The van der Waals surface area contributed by atoms with Gasteiger partial charge in [0.25, 0.3) is 0 Å². The fourth-order valence-corrected chi connectivity index (χ4v) is 1.10. The van der Waals surface area contributed by atoms with Gasteiger partial charge in [-0.2, -0.15) is 25.3 Å². The van der Waals surface area contributed by atoms with Gasteiger partial charge in [-0.3, -0.25) is 22.8 Å². The van der Waals surface area contributed by atoms with E-state index in [1.165, 1.54) is 0 Å². The molecule has 0 spiro atoms. The molecule has 0 aromatic carbocycles. The number of hydrogen-bond donors (Lipinski definition) is 9. The van der Waals surface area contributed by atoms with Crippen molar-refractivity contribution in [2.45, 2.75) is 0 Å². The molecule has 0 aromatic rings. The molecule has 136 valence electrons. The fourth-order valence-electron chi connectivity index (χ4n) is 0.123. The van der Waals surface area contributed by atoms with Crippen LogP contribution in [0.4, 0.5) is 0 Å². The Balaban J connectivity index is -0.0000000622. The van der Waals surface area contributed by atoms with Gasteiger partial charge in [0.15, 0.2) is 0 Å². The van der Waals surface area contributed by atoms with E-state index in [-0.39, 0.29) is 12.3 Å². The van der Waals surface area contributed by atoms with E-state index in [0.717, 1.165) is 0 Å². The quantitative estimate of drug-likeness (QED) is 0.174. The third-order valence-electron chi connectivity index (χ3n) is 0.191. The second-order valence-corrected chi connectivity index (χ2v) is 6.11. The van der Waals surface area contributed by atoms with Crippen LogP contribution in [-0.2, 0) is 39.7 Å². The summed E-state index contributed by atoms with van der Waals surface area (Å²) in [5.41, 5.74) is 0. The lowest BCUT2D eigenvalue weighted by Gasteiger charge is -1.97. The van der Waals surface area contributed by atoms with Crippen molar-refractivity contribution in [3.05, 3.63) is 0 Å². The second kappa shape index (κ2) is 11.3. The zero-order chi connectivity index (χ0) is 16.7. The molecule has 0 aromatic heterocycles. The summed E-state index contributed by atoms with van der Waals surface area (Å²) in [6.45, 7) is 0. The highest BCUT2D eigenvalue weighted by atomic mass is 32.3. The molecule has 0 rings (SSSR count). The normalized spacial score (nSPS) is 11.4. The van der Waals surface area contributed by atoms with Crippen LogP contribution in [0, 0.1) is 0 Å². The monoisotopic (exact) mass is 408 g/mol. The molecule has 0 fully saturated rings. The predicted molar refractivity (Wildman–Crippen MR) is 63.1 cm³/mol. The first-order valence-electron chi connectivity index (χ1n) is 2.84. The molecule has 17 nitrogen and oxygen atoms in total. The van der Waals surface area contributed by atoms with E-state index in [2.05, 4.69) is 3.97 Å². The summed E-state index contributed by atoms with van der Waals surface area (Å²) in [6.07, 6.45) is 0. The molecule has 0 aliphatic carbocycles. The summed E-state index contributed by atoms with van der Waals surface area (Å²) in [4.78, 5) is 15.4. The zero-order valence-corrected chi connectivity index (χ0v) is 12.8. The molecule has 0 unspecified atom stereocenters.